The van der Waals surface area contributed by atoms with Gasteiger partial charge in [0.15, 0.2) is 0 Å². The van der Waals surface area contributed by atoms with Gasteiger partial charge in [0, 0.05) is 24.7 Å². The molecule has 2 aromatic heterocycles. The van der Waals surface area contributed by atoms with Crippen molar-refractivity contribution < 1.29 is 4.79 Å². The van der Waals surface area contributed by atoms with E-state index < -0.39 is 0 Å². The highest BCUT2D eigenvalue weighted by Crippen LogP contribution is 2.12. The zero-order valence-electron chi connectivity index (χ0n) is 11.4. The second kappa shape index (κ2) is 7.34. The molecular formula is C11H16N6OS2. The fourth-order valence-corrected chi connectivity index (χ4v) is 3.07. The molecule has 0 bridgehead atoms. The number of nitrogens with zero attached hydrogens (tertiary/aromatic N) is 5. The Bertz CT molecular complexity index is 567. The maximum Gasteiger partial charge on any atom is 0.270 e. The molecule has 108 valence electrons. The van der Waals surface area contributed by atoms with Gasteiger partial charge >= 0.3 is 0 Å². The summed E-state index contributed by atoms with van der Waals surface area (Å²) < 4.78 is 1.60. The van der Waals surface area contributed by atoms with Gasteiger partial charge in [0.05, 0.1) is 5.01 Å². The highest BCUT2D eigenvalue weighted by Gasteiger charge is 2.10. The maximum atomic E-state index is 11.9. The molecular weight excluding hydrogens is 296 g/mol. The molecule has 7 nitrogen and oxygen atoms in total. The first kappa shape index (κ1) is 14.9. The summed E-state index contributed by atoms with van der Waals surface area (Å²) in [6.07, 6.45) is 1.96. The predicted molar refractivity (Wildman–Crippen MR) is 78.0 cm³/mol. The van der Waals surface area contributed by atoms with Gasteiger partial charge < -0.3 is 5.32 Å². The van der Waals surface area contributed by atoms with Crippen LogP contribution in [0.3, 0.4) is 0 Å². The van der Waals surface area contributed by atoms with Crippen molar-refractivity contribution >= 4 is 29.0 Å². The molecule has 1 amide bonds. The van der Waals surface area contributed by atoms with Crippen LogP contribution >= 0.6 is 23.1 Å². The number of aryl methyl sites for hydroxylation is 2. The number of hydrogen-bond acceptors (Lipinski definition) is 7. The van der Waals surface area contributed by atoms with E-state index in [0.717, 1.165) is 23.0 Å². The van der Waals surface area contributed by atoms with Gasteiger partial charge in [-0.25, -0.2) is 9.67 Å². The van der Waals surface area contributed by atoms with Crippen LogP contribution in [0.4, 0.5) is 0 Å². The summed E-state index contributed by atoms with van der Waals surface area (Å²) in [6, 6.07) is 0. The third kappa shape index (κ3) is 4.01. The van der Waals surface area contributed by atoms with E-state index in [-0.39, 0.29) is 5.91 Å². The van der Waals surface area contributed by atoms with E-state index in [1.54, 1.807) is 17.1 Å². The van der Waals surface area contributed by atoms with E-state index in [0.29, 0.717) is 18.0 Å². The number of aromatic nitrogens is 5. The second-order valence-electron chi connectivity index (χ2n) is 4.07. The summed E-state index contributed by atoms with van der Waals surface area (Å²) in [4.78, 5) is 16.2. The lowest BCUT2D eigenvalue weighted by molar-refractivity contribution is 0.0951. The zero-order valence-corrected chi connectivity index (χ0v) is 13.0. The number of rotatable bonds is 7. The SMILES string of the molecule is CCCc1nc(C(=O)NCCSc2nnnn2C)cs1. The minimum absolute atomic E-state index is 0.125. The van der Waals surface area contributed by atoms with Crippen LogP contribution in [0, 0.1) is 0 Å². The maximum absolute atomic E-state index is 11.9. The lowest BCUT2D eigenvalue weighted by Crippen LogP contribution is -2.26. The van der Waals surface area contributed by atoms with Gasteiger partial charge in [0.1, 0.15) is 5.69 Å². The molecule has 2 rings (SSSR count). The summed E-state index contributed by atoms with van der Waals surface area (Å²) in [7, 11) is 1.78. The van der Waals surface area contributed by atoms with Crippen molar-refractivity contribution in [2.24, 2.45) is 7.05 Å². The number of tetrazole rings is 1. The molecule has 0 aliphatic carbocycles. The number of hydrogen-bond donors (Lipinski definition) is 1. The van der Waals surface area contributed by atoms with Crippen molar-refractivity contribution in [3.8, 4) is 0 Å². The van der Waals surface area contributed by atoms with E-state index in [2.05, 4.69) is 32.7 Å². The third-order valence-electron chi connectivity index (χ3n) is 2.45. The standard InChI is InChI=1S/C11H16N6OS2/c1-3-4-9-13-8(7-20-9)10(18)12-5-6-19-11-14-15-16-17(11)2/h7H,3-6H2,1-2H3,(H,12,18). The number of thiazole rings is 1. The number of nitrogens with one attached hydrogen (secondary N) is 1. The van der Waals surface area contributed by atoms with Crippen LogP contribution in [-0.2, 0) is 13.5 Å². The molecule has 0 fully saturated rings. The van der Waals surface area contributed by atoms with Gasteiger partial charge in [-0.1, -0.05) is 18.7 Å². The van der Waals surface area contributed by atoms with Gasteiger partial charge in [-0.15, -0.1) is 16.4 Å². The quantitative estimate of drug-likeness (QED) is 0.609. The van der Waals surface area contributed by atoms with Crippen molar-refractivity contribution in [1.29, 1.82) is 0 Å². The largest absolute Gasteiger partial charge is 0.350 e. The van der Waals surface area contributed by atoms with Gasteiger partial charge in [0.2, 0.25) is 5.16 Å². The normalized spacial score (nSPS) is 10.7. The van der Waals surface area contributed by atoms with E-state index in [4.69, 9.17) is 0 Å². The van der Waals surface area contributed by atoms with Crippen LogP contribution in [0.15, 0.2) is 10.5 Å². The minimum atomic E-state index is -0.125. The molecule has 20 heavy (non-hydrogen) atoms. The third-order valence-corrected chi connectivity index (χ3v) is 4.37. The lowest BCUT2D eigenvalue weighted by atomic mass is 10.3. The highest BCUT2D eigenvalue weighted by molar-refractivity contribution is 7.99. The number of carbonyl (C=O) groups is 1. The number of carbonyl (C=O) groups excluding carboxylic acids is 1. The van der Waals surface area contributed by atoms with Crippen LogP contribution in [0.5, 0.6) is 0 Å². The Kier molecular flexibility index (Phi) is 5.48. The van der Waals surface area contributed by atoms with Crippen molar-refractivity contribution in [2.75, 3.05) is 12.3 Å². The van der Waals surface area contributed by atoms with Gasteiger partial charge in [-0.3, -0.25) is 4.79 Å². The molecule has 1 N–H and O–H groups in total. The van der Waals surface area contributed by atoms with Crippen molar-refractivity contribution in [1.82, 2.24) is 30.5 Å². The van der Waals surface area contributed by atoms with Gasteiger partial charge in [0.25, 0.3) is 5.91 Å². The van der Waals surface area contributed by atoms with E-state index >= 15 is 0 Å². The molecule has 2 heterocycles. The Morgan fingerprint density at radius 3 is 3.10 bits per heavy atom. The lowest BCUT2D eigenvalue weighted by Gasteiger charge is -2.02. The molecule has 0 saturated carbocycles. The molecule has 0 aliphatic heterocycles. The molecule has 0 spiro atoms. The summed E-state index contributed by atoms with van der Waals surface area (Å²) in [5, 5.41) is 17.5. The summed E-state index contributed by atoms with van der Waals surface area (Å²) >= 11 is 3.03. The fourth-order valence-electron chi connectivity index (χ4n) is 1.48. The average molecular weight is 312 g/mol. The van der Waals surface area contributed by atoms with Crippen molar-refractivity contribution in [2.45, 2.75) is 24.9 Å². The first-order valence-electron chi connectivity index (χ1n) is 6.28. The van der Waals surface area contributed by atoms with Crippen LogP contribution in [0.2, 0.25) is 0 Å². The summed E-state index contributed by atoms with van der Waals surface area (Å²) in [5.41, 5.74) is 0.503. The first-order chi connectivity index (χ1) is 9.70. The molecule has 0 unspecified atom stereocenters. The molecule has 0 aliphatic rings. The topological polar surface area (TPSA) is 85.6 Å². The van der Waals surface area contributed by atoms with Gasteiger partial charge in [-0.2, -0.15) is 0 Å². The van der Waals surface area contributed by atoms with E-state index in [1.807, 2.05) is 0 Å². The molecule has 0 atom stereocenters. The highest BCUT2D eigenvalue weighted by atomic mass is 32.2. The van der Waals surface area contributed by atoms with Crippen LogP contribution in [0.25, 0.3) is 0 Å². The molecule has 0 radical (unpaired) electrons. The first-order valence-corrected chi connectivity index (χ1v) is 8.15. The second-order valence-corrected chi connectivity index (χ2v) is 6.07. The summed E-state index contributed by atoms with van der Waals surface area (Å²) in [5.74, 6) is 0.589. The Hall–Kier alpha value is -1.48. The smallest absolute Gasteiger partial charge is 0.270 e. The zero-order chi connectivity index (χ0) is 14.4. The Balaban J connectivity index is 1.73. The Morgan fingerprint density at radius 1 is 1.55 bits per heavy atom. The molecule has 9 heteroatoms. The Morgan fingerprint density at radius 2 is 2.40 bits per heavy atom. The number of amides is 1. The monoisotopic (exact) mass is 312 g/mol. The van der Waals surface area contributed by atoms with Crippen LogP contribution < -0.4 is 5.32 Å². The number of thioether (sulfide) groups is 1. The summed E-state index contributed by atoms with van der Waals surface area (Å²) in [6.45, 7) is 2.65. The molecule has 0 saturated heterocycles. The molecule has 2 aromatic rings. The van der Waals surface area contributed by atoms with Crippen LogP contribution in [-0.4, -0.2) is 43.4 Å². The molecule has 0 aromatic carbocycles. The van der Waals surface area contributed by atoms with E-state index in [9.17, 15) is 4.79 Å². The average Bonchev–Trinajstić information content (AvgIpc) is 3.05. The Labute approximate surface area is 125 Å². The minimum Gasteiger partial charge on any atom is -0.350 e. The van der Waals surface area contributed by atoms with Crippen molar-refractivity contribution in [3.05, 3.63) is 16.1 Å². The van der Waals surface area contributed by atoms with Crippen molar-refractivity contribution in [3.63, 3.8) is 0 Å². The van der Waals surface area contributed by atoms with Crippen LogP contribution in [0.1, 0.15) is 28.8 Å². The van der Waals surface area contributed by atoms with Gasteiger partial charge in [-0.05, 0) is 23.3 Å². The van der Waals surface area contributed by atoms with E-state index in [1.165, 1.54) is 23.1 Å². The fraction of sp³-hybridized carbons (Fsp3) is 0.545. The predicted octanol–water partition coefficient (Wildman–Crippen LogP) is 1.14.